The molecule has 3 nitrogen and oxygen atoms in total. The second-order valence-electron chi connectivity index (χ2n) is 9.48. The maximum absolute atomic E-state index is 13.1. The second kappa shape index (κ2) is 8.78. The fourth-order valence-corrected chi connectivity index (χ4v) is 4.08. The molecule has 0 unspecified atom stereocenters. The topological polar surface area (TPSA) is 27.1 Å². The van der Waals surface area contributed by atoms with Crippen molar-refractivity contribution in [3.05, 3.63) is 94.6 Å². The summed E-state index contributed by atoms with van der Waals surface area (Å²) in [7, 11) is 0. The van der Waals surface area contributed by atoms with Crippen molar-refractivity contribution in [3.8, 4) is 5.88 Å². The van der Waals surface area contributed by atoms with Gasteiger partial charge in [-0.25, -0.2) is 9.37 Å². The Morgan fingerprint density at radius 2 is 1.56 bits per heavy atom. The van der Waals surface area contributed by atoms with Gasteiger partial charge in [-0.1, -0.05) is 57.2 Å². The van der Waals surface area contributed by atoms with E-state index in [2.05, 4.69) is 74.5 Å². The fourth-order valence-electron chi connectivity index (χ4n) is 4.08. The van der Waals surface area contributed by atoms with E-state index in [4.69, 9.17) is 4.74 Å². The molecular weight excluding hydrogens is 399 g/mol. The minimum atomic E-state index is -0.222. The first-order chi connectivity index (χ1) is 15.2. The van der Waals surface area contributed by atoms with E-state index in [0.717, 1.165) is 17.6 Å². The van der Waals surface area contributed by atoms with Gasteiger partial charge >= 0.3 is 0 Å². The summed E-state index contributed by atoms with van der Waals surface area (Å²) < 4.78 is 21.6. The fraction of sp³-hybridized carbons (Fsp3) is 0.321. The summed E-state index contributed by atoms with van der Waals surface area (Å²) in [6, 6.07) is 17.5. The Labute approximate surface area is 189 Å². The number of aromatic nitrogens is 2. The molecule has 0 fully saturated rings. The molecule has 0 atom stereocenters. The molecule has 32 heavy (non-hydrogen) atoms. The Bertz CT molecular complexity index is 1220. The zero-order chi connectivity index (χ0) is 22.9. The summed E-state index contributed by atoms with van der Waals surface area (Å²) in [6.07, 6.45) is 2.51. The van der Waals surface area contributed by atoms with Crippen LogP contribution in [-0.4, -0.2) is 16.2 Å². The molecule has 0 aliphatic rings. The zero-order valence-corrected chi connectivity index (χ0v) is 19.6. The van der Waals surface area contributed by atoms with Crippen LogP contribution in [0.1, 0.15) is 48.7 Å². The third kappa shape index (κ3) is 4.55. The molecule has 2 heterocycles. The lowest BCUT2D eigenvalue weighted by Crippen LogP contribution is -2.11. The van der Waals surface area contributed by atoms with Crippen LogP contribution in [0, 0.1) is 19.7 Å². The Balaban J connectivity index is 1.61. The van der Waals surface area contributed by atoms with Gasteiger partial charge in [-0.05, 0) is 59.7 Å². The van der Waals surface area contributed by atoms with Crippen LogP contribution in [0.5, 0.6) is 5.88 Å². The molecule has 0 saturated carbocycles. The van der Waals surface area contributed by atoms with Crippen LogP contribution in [0.4, 0.5) is 4.39 Å². The number of pyridine rings is 1. The van der Waals surface area contributed by atoms with Gasteiger partial charge in [-0.15, -0.1) is 0 Å². The highest BCUT2D eigenvalue weighted by atomic mass is 19.1. The second-order valence-corrected chi connectivity index (χ2v) is 9.48. The number of hydrogen-bond donors (Lipinski definition) is 0. The van der Waals surface area contributed by atoms with E-state index in [9.17, 15) is 4.39 Å². The van der Waals surface area contributed by atoms with Crippen molar-refractivity contribution in [2.24, 2.45) is 0 Å². The van der Waals surface area contributed by atoms with Gasteiger partial charge in [0.15, 0.2) is 0 Å². The summed E-state index contributed by atoms with van der Waals surface area (Å²) >= 11 is 0. The van der Waals surface area contributed by atoms with Crippen LogP contribution >= 0.6 is 0 Å². The van der Waals surface area contributed by atoms with Crippen LogP contribution in [0.3, 0.4) is 0 Å². The molecule has 2 aromatic carbocycles. The maximum atomic E-state index is 13.1. The number of ether oxygens (including phenoxy) is 1. The van der Waals surface area contributed by atoms with Gasteiger partial charge < -0.3 is 9.30 Å². The molecule has 4 rings (SSSR count). The van der Waals surface area contributed by atoms with Gasteiger partial charge in [0, 0.05) is 30.2 Å². The Kier molecular flexibility index (Phi) is 6.05. The first-order valence-electron chi connectivity index (χ1n) is 11.1. The van der Waals surface area contributed by atoms with Crippen molar-refractivity contribution in [3.63, 3.8) is 0 Å². The Hall–Kier alpha value is -3.14. The standard InChI is InChI=1S/C28H31FN2O/c1-19-20(2)31(18-22-6-10-23(11-7-22)28(3,4)5)26-25(19)14-16-30-27(26)32-17-15-21-8-12-24(29)13-9-21/h6-14,16H,15,17-18H2,1-5H3. The van der Waals surface area contributed by atoms with Crippen LogP contribution in [0.15, 0.2) is 60.8 Å². The third-order valence-corrected chi connectivity index (χ3v) is 6.22. The maximum Gasteiger partial charge on any atom is 0.238 e. The minimum absolute atomic E-state index is 0.140. The van der Waals surface area contributed by atoms with Gasteiger partial charge in [-0.3, -0.25) is 0 Å². The van der Waals surface area contributed by atoms with E-state index in [1.807, 2.05) is 6.20 Å². The molecule has 0 saturated heterocycles. The lowest BCUT2D eigenvalue weighted by atomic mass is 9.87. The summed E-state index contributed by atoms with van der Waals surface area (Å²) in [5.41, 5.74) is 7.26. The molecule has 4 heteroatoms. The smallest absolute Gasteiger partial charge is 0.238 e. The molecule has 0 aliphatic carbocycles. The molecule has 0 spiro atoms. The number of benzene rings is 2. The number of rotatable bonds is 6. The minimum Gasteiger partial charge on any atom is -0.476 e. The van der Waals surface area contributed by atoms with Gasteiger partial charge in [0.25, 0.3) is 0 Å². The predicted octanol–water partition coefficient (Wildman–Crippen LogP) is 6.76. The first kappa shape index (κ1) is 22.1. The number of aryl methyl sites for hydroxylation is 1. The number of halogens is 1. The predicted molar refractivity (Wildman–Crippen MR) is 129 cm³/mol. The van der Waals surface area contributed by atoms with Crippen LogP contribution in [0.25, 0.3) is 10.9 Å². The van der Waals surface area contributed by atoms with Gasteiger partial charge in [0.1, 0.15) is 11.3 Å². The van der Waals surface area contributed by atoms with E-state index >= 15 is 0 Å². The zero-order valence-electron chi connectivity index (χ0n) is 19.6. The number of fused-ring (bicyclic) bond motifs is 1. The van der Waals surface area contributed by atoms with E-state index in [0.29, 0.717) is 18.9 Å². The third-order valence-electron chi connectivity index (χ3n) is 6.22. The molecule has 2 aromatic heterocycles. The highest BCUT2D eigenvalue weighted by molar-refractivity contribution is 5.89. The normalized spacial score (nSPS) is 11.8. The van der Waals surface area contributed by atoms with Gasteiger partial charge in [-0.2, -0.15) is 0 Å². The molecule has 4 aromatic rings. The lowest BCUT2D eigenvalue weighted by Gasteiger charge is -2.19. The summed E-state index contributed by atoms with van der Waals surface area (Å²) in [5, 5.41) is 1.17. The van der Waals surface area contributed by atoms with Crippen LogP contribution < -0.4 is 4.74 Å². The molecule has 0 N–H and O–H groups in total. The molecule has 166 valence electrons. The largest absolute Gasteiger partial charge is 0.476 e. The van der Waals surface area contributed by atoms with Gasteiger partial charge in [0.2, 0.25) is 5.88 Å². The molecule has 0 radical (unpaired) electrons. The quantitative estimate of drug-likeness (QED) is 0.338. The molecular formula is C28H31FN2O. The van der Waals surface area contributed by atoms with Crippen molar-refractivity contribution in [1.82, 2.24) is 9.55 Å². The first-order valence-corrected chi connectivity index (χ1v) is 11.1. The van der Waals surface area contributed by atoms with Crippen molar-refractivity contribution in [1.29, 1.82) is 0 Å². The van der Waals surface area contributed by atoms with Crippen molar-refractivity contribution in [2.45, 2.75) is 53.0 Å². The Morgan fingerprint density at radius 1 is 0.906 bits per heavy atom. The summed E-state index contributed by atoms with van der Waals surface area (Å²) in [4.78, 5) is 4.55. The van der Waals surface area contributed by atoms with Crippen molar-refractivity contribution in [2.75, 3.05) is 6.61 Å². The number of nitrogens with zero attached hydrogens (tertiary/aromatic N) is 2. The number of hydrogen-bond acceptors (Lipinski definition) is 2. The summed E-state index contributed by atoms with van der Waals surface area (Å²) in [6.45, 7) is 12.3. The van der Waals surface area contributed by atoms with Crippen molar-refractivity contribution < 1.29 is 9.13 Å². The summed E-state index contributed by atoms with van der Waals surface area (Å²) in [5.74, 6) is 0.424. The molecule has 0 bridgehead atoms. The van der Waals surface area contributed by atoms with Gasteiger partial charge in [0.05, 0.1) is 6.61 Å². The van der Waals surface area contributed by atoms with Crippen LogP contribution in [0.2, 0.25) is 0 Å². The highest BCUT2D eigenvalue weighted by Gasteiger charge is 2.17. The average molecular weight is 431 g/mol. The van der Waals surface area contributed by atoms with E-state index < -0.39 is 0 Å². The molecule has 0 amide bonds. The van der Waals surface area contributed by atoms with E-state index in [1.165, 1.54) is 39.9 Å². The Morgan fingerprint density at radius 3 is 2.22 bits per heavy atom. The average Bonchev–Trinajstić information content (AvgIpc) is 3.00. The van der Waals surface area contributed by atoms with Crippen LogP contribution in [-0.2, 0) is 18.4 Å². The highest BCUT2D eigenvalue weighted by Crippen LogP contribution is 2.32. The lowest BCUT2D eigenvalue weighted by molar-refractivity contribution is 0.312. The van der Waals surface area contributed by atoms with Crippen molar-refractivity contribution >= 4 is 10.9 Å². The molecule has 0 aliphatic heterocycles. The SMILES string of the molecule is Cc1c(C)n(Cc2ccc(C(C)(C)C)cc2)c2c(OCCc3ccc(F)cc3)nccc12. The van der Waals surface area contributed by atoms with E-state index in [1.54, 1.807) is 12.1 Å². The monoisotopic (exact) mass is 430 g/mol. The van der Waals surface area contributed by atoms with E-state index in [-0.39, 0.29) is 11.2 Å².